The Hall–Kier alpha value is -1.16. The molecule has 2 rings (SSSR count). The molecule has 172 valence electrons. The van der Waals surface area contributed by atoms with E-state index < -0.39 is 21.8 Å². The number of hydrogen-bond acceptors (Lipinski definition) is 4. The number of rotatable bonds is 10. The maximum atomic E-state index is 12.6. The van der Waals surface area contributed by atoms with Crippen LogP contribution in [0, 0.1) is 5.92 Å². The van der Waals surface area contributed by atoms with E-state index in [9.17, 15) is 21.6 Å². The fraction of sp³-hybridized carbons (Fsp3) is 0.714. The van der Waals surface area contributed by atoms with Gasteiger partial charge >= 0.3 is 6.18 Å². The van der Waals surface area contributed by atoms with Crippen LogP contribution < -0.4 is 4.72 Å². The van der Waals surface area contributed by atoms with Crippen LogP contribution in [0.15, 0.2) is 29.2 Å². The van der Waals surface area contributed by atoms with Crippen molar-refractivity contribution in [2.75, 3.05) is 27.2 Å². The summed E-state index contributed by atoms with van der Waals surface area (Å²) < 4.78 is 71.1. The Kier molecular flexibility index (Phi) is 9.14. The van der Waals surface area contributed by atoms with E-state index in [1.165, 1.54) is 0 Å². The third-order valence-corrected chi connectivity index (χ3v) is 7.29. The van der Waals surface area contributed by atoms with Crippen LogP contribution in [0.3, 0.4) is 0 Å². The Labute approximate surface area is 178 Å². The second kappa shape index (κ2) is 10.9. The lowest BCUT2D eigenvalue weighted by Gasteiger charge is -2.29. The zero-order valence-electron chi connectivity index (χ0n) is 17.9. The molecule has 0 bridgehead atoms. The Morgan fingerprint density at radius 2 is 1.73 bits per heavy atom. The molecule has 9 heteroatoms. The van der Waals surface area contributed by atoms with Crippen molar-refractivity contribution in [3.63, 3.8) is 0 Å². The first-order valence-corrected chi connectivity index (χ1v) is 11.9. The molecule has 0 amide bonds. The van der Waals surface area contributed by atoms with Crippen molar-refractivity contribution in [3.8, 4) is 0 Å². The van der Waals surface area contributed by atoms with Gasteiger partial charge in [-0.1, -0.05) is 0 Å². The van der Waals surface area contributed by atoms with Gasteiger partial charge in [-0.2, -0.15) is 13.2 Å². The molecule has 0 radical (unpaired) electrons. The van der Waals surface area contributed by atoms with Crippen molar-refractivity contribution in [2.45, 2.75) is 68.7 Å². The zero-order valence-corrected chi connectivity index (χ0v) is 18.7. The van der Waals surface area contributed by atoms with Gasteiger partial charge in [-0.15, -0.1) is 0 Å². The molecule has 0 saturated heterocycles. The van der Waals surface area contributed by atoms with Crippen LogP contribution in [-0.4, -0.2) is 52.7 Å². The lowest BCUT2D eigenvalue weighted by molar-refractivity contribution is -0.137. The first kappa shape index (κ1) is 25.1. The fourth-order valence-corrected chi connectivity index (χ4v) is 4.64. The predicted octanol–water partition coefficient (Wildman–Crippen LogP) is 4.29. The summed E-state index contributed by atoms with van der Waals surface area (Å²) in [4.78, 5) is 2.04. The summed E-state index contributed by atoms with van der Waals surface area (Å²) in [5.41, 5.74) is -0.865. The van der Waals surface area contributed by atoms with Gasteiger partial charge in [-0.25, -0.2) is 13.1 Å². The quantitative estimate of drug-likeness (QED) is 0.541. The smallest absolute Gasteiger partial charge is 0.378 e. The molecule has 1 saturated carbocycles. The number of sulfonamides is 1. The number of hydrogen-bond donors (Lipinski definition) is 1. The Morgan fingerprint density at radius 1 is 1.13 bits per heavy atom. The summed E-state index contributed by atoms with van der Waals surface area (Å²) in [7, 11) is 0.315. The van der Waals surface area contributed by atoms with E-state index in [0.29, 0.717) is 6.04 Å². The third kappa shape index (κ3) is 7.83. The van der Waals surface area contributed by atoms with Crippen LogP contribution in [0.25, 0.3) is 0 Å². The van der Waals surface area contributed by atoms with Crippen molar-refractivity contribution in [1.82, 2.24) is 9.62 Å². The first-order valence-electron chi connectivity index (χ1n) is 10.4. The van der Waals surface area contributed by atoms with Gasteiger partial charge in [0.1, 0.15) is 0 Å². The highest BCUT2D eigenvalue weighted by Gasteiger charge is 2.31. The minimum absolute atomic E-state index is 0.153. The molecule has 1 N–H and O–H groups in total. The van der Waals surface area contributed by atoms with E-state index >= 15 is 0 Å². The van der Waals surface area contributed by atoms with Crippen LogP contribution in [0.2, 0.25) is 0 Å². The summed E-state index contributed by atoms with van der Waals surface area (Å²) >= 11 is 0. The SMILES string of the molecule is CC(CCCOC1CCC(CNS(=O)(=O)c2ccc(C(F)(F)F)cc2)CC1)N(C)C. The van der Waals surface area contributed by atoms with Gasteiger partial charge < -0.3 is 9.64 Å². The average Bonchev–Trinajstić information content (AvgIpc) is 2.69. The molecule has 1 fully saturated rings. The Bertz CT molecular complexity index is 744. The molecule has 1 aliphatic rings. The van der Waals surface area contributed by atoms with E-state index in [1.54, 1.807) is 0 Å². The topological polar surface area (TPSA) is 58.6 Å². The molecule has 0 heterocycles. The Morgan fingerprint density at radius 3 is 2.27 bits per heavy atom. The molecule has 1 unspecified atom stereocenters. The van der Waals surface area contributed by atoms with Crippen molar-refractivity contribution in [3.05, 3.63) is 29.8 Å². The highest BCUT2D eigenvalue weighted by Crippen LogP contribution is 2.30. The second-order valence-electron chi connectivity index (χ2n) is 8.34. The van der Waals surface area contributed by atoms with E-state index in [4.69, 9.17) is 4.74 Å². The van der Waals surface area contributed by atoms with Crippen LogP contribution in [-0.2, 0) is 20.9 Å². The Balaban J connectivity index is 1.71. The van der Waals surface area contributed by atoms with E-state index in [0.717, 1.165) is 69.4 Å². The summed E-state index contributed by atoms with van der Waals surface area (Å²) in [6.45, 7) is 3.22. The molecule has 1 aromatic rings. The van der Waals surface area contributed by atoms with Crippen molar-refractivity contribution in [2.24, 2.45) is 5.92 Å². The zero-order chi connectivity index (χ0) is 22.4. The summed E-state index contributed by atoms with van der Waals surface area (Å²) in [5, 5.41) is 0. The molecule has 0 aliphatic heterocycles. The van der Waals surface area contributed by atoms with Crippen molar-refractivity contribution < 1.29 is 26.3 Å². The average molecular weight is 451 g/mol. The highest BCUT2D eigenvalue weighted by molar-refractivity contribution is 7.89. The molecule has 5 nitrogen and oxygen atoms in total. The minimum Gasteiger partial charge on any atom is -0.378 e. The standard InChI is InChI=1S/C21H33F3N2O3S/c1-16(26(2)3)5-4-14-29-19-10-6-17(7-11-19)15-25-30(27,28)20-12-8-18(9-13-20)21(22,23)24/h8-9,12-13,16-17,19,25H,4-7,10-11,14-15H2,1-3H3. The second-order valence-corrected chi connectivity index (χ2v) is 10.1. The molecule has 1 aromatic carbocycles. The van der Waals surface area contributed by atoms with Crippen molar-refractivity contribution in [1.29, 1.82) is 0 Å². The van der Waals surface area contributed by atoms with E-state index in [1.807, 2.05) is 0 Å². The summed E-state index contributed by atoms with van der Waals surface area (Å²) in [6, 6.07) is 4.09. The summed E-state index contributed by atoms with van der Waals surface area (Å²) in [5.74, 6) is 0.211. The van der Waals surface area contributed by atoms with Gasteiger partial charge in [0.25, 0.3) is 0 Å². The normalized spacial score (nSPS) is 21.7. The van der Waals surface area contributed by atoms with Crippen molar-refractivity contribution >= 4 is 10.0 Å². The minimum atomic E-state index is -4.49. The van der Waals surface area contributed by atoms with E-state index in [-0.39, 0.29) is 23.5 Å². The van der Waals surface area contributed by atoms with Gasteiger partial charge in [0.2, 0.25) is 10.0 Å². The maximum Gasteiger partial charge on any atom is 0.416 e. The van der Waals surface area contributed by atoms with Gasteiger partial charge in [0.15, 0.2) is 0 Å². The number of nitrogens with zero attached hydrogens (tertiary/aromatic N) is 1. The summed E-state index contributed by atoms with van der Waals surface area (Å²) in [6.07, 6.45) is 1.39. The molecule has 0 spiro atoms. The van der Waals surface area contributed by atoms with Crippen LogP contribution in [0.1, 0.15) is 51.0 Å². The highest BCUT2D eigenvalue weighted by atomic mass is 32.2. The molecular formula is C21H33F3N2O3S. The number of ether oxygens (including phenoxy) is 1. The monoisotopic (exact) mass is 450 g/mol. The lowest BCUT2D eigenvalue weighted by atomic mass is 9.87. The van der Waals surface area contributed by atoms with Gasteiger partial charge in [-0.05, 0) is 89.7 Å². The molecule has 0 aromatic heterocycles. The van der Waals surface area contributed by atoms with Crippen LogP contribution >= 0.6 is 0 Å². The lowest BCUT2D eigenvalue weighted by Crippen LogP contribution is -2.33. The first-order chi connectivity index (χ1) is 14.0. The predicted molar refractivity (Wildman–Crippen MR) is 111 cm³/mol. The molecular weight excluding hydrogens is 417 g/mol. The number of alkyl halides is 3. The number of halogens is 3. The van der Waals surface area contributed by atoms with Gasteiger partial charge in [0.05, 0.1) is 16.6 Å². The third-order valence-electron chi connectivity index (χ3n) is 5.85. The van der Waals surface area contributed by atoms with Crippen LogP contribution in [0.5, 0.6) is 0 Å². The van der Waals surface area contributed by atoms with E-state index in [2.05, 4.69) is 30.6 Å². The molecule has 1 aliphatic carbocycles. The van der Waals surface area contributed by atoms with Gasteiger partial charge in [-0.3, -0.25) is 0 Å². The fourth-order valence-electron chi connectivity index (χ4n) is 3.52. The number of benzene rings is 1. The molecule has 1 atom stereocenters. The van der Waals surface area contributed by atoms with Gasteiger partial charge in [0, 0.05) is 19.2 Å². The maximum absolute atomic E-state index is 12.6. The largest absolute Gasteiger partial charge is 0.416 e. The number of nitrogens with one attached hydrogen (secondary N) is 1. The van der Waals surface area contributed by atoms with Crippen LogP contribution in [0.4, 0.5) is 13.2 Å². The molecule has 30 heavy (non-hydrogen) atoms.